The number of benzene rings is 6. The first kappa shape index (κ1) is 22.6. The topological polar surface area (TPSA) is 18.1 Å². The molecule has 40 heavy (non-hydrogen) atoms. The van der Waals surface area contributed by atoms with Crippen LogP contribution in [0.5, 0.6) is 0 Å². The van der Waals surface area contributed by atoms with Gasteiger partial charge >= 0.3 is 0 Å². The smallest absolute Gasteiger partial charge is 0.145 e. The van der Waals surface area contributed by atoms with Gasteiger partial charge in [-0.05, 0) is 47.0 Å². The average molecular weight is 512 g/mol. The first-order chi connectivity index (χ1) is 19.9. The van der Waals surface area contributed by atoms with E-state index in [1.807, 2.05) is 6.07 Å². The maximum atomic E-state index is 6.89. The zero-order valence-electron chi connectivity index (χ0n) is 21.8. The number of hydrogen-bond acceptors (Lipinski definition) is 1. The van der Waals surface area contributed by atoms with E-state index >= 15 is 0 Å². The standard InChI is InChI=1S/C38H25NO/c1-4-13-26(14-5-1)29-19-12-20-30(25-29)39-33-22-11-10-21-31(33)36-34(39)24-23-32-35(27-15-6-2-7-16-27)37(40-38(32)36)28-17-8-3-9-18-28/h1-25H. The molecule has 0 saturated heterocycles. The summed E-state index contributed by atoms with van der Waals surface area (Å²) < 4.78 is 9.25. The van der Waals surface area contributed by atoms with Crippen LogP contribution < -0.4 is 0 Å². The van der Waals surface area contributed by atoms with Gasteiger partial charge in [0, 0.05) is 27.6 Å². The summed E-state index contributed by atoms with van der Waals surface area (Å²) in [5.74, 6) is 0.900. The Bertz CT molecular complexity index is 2140. The zero-order chi connectivity index (χ0) is 26.5. The van der Waals surface area contributed by atoms with Crippen LogP contribution in [0, 0.1) is 0 Å². The lowest BCUT2D eigenvalue weighted by molar-refractivity contribution is 0.636. The molecule has 2 heterocycles. The molecule has 0 unspecified atom stereocenters. The van der Waals surface area contributed by atoms with Gasteiger partial charge in [0.25, 0.3) is 0 Å². The molecule has 0 atom stereocenters. The van der Waals surface area contributed by atoms with Gasteiger partial charge in [-0.15, -0.1) is 0 Å². The van der Waals surface area contributed by atoms with Crippen molar-refractivity contribution in [3.05, 3.63) is 152 Å². The summed E-state index contributed by atoms with van der Waals surface area (Å²) >= 11 is 0. The second kappa shape index (κ2) is 9.14. The molecule has 0 fully saturated rings. The molecule has 0 aliphatic heterocycles. The van der Waals surface area contributed by atoms with E-state index in [0.717, 1.165) is 55.5 Å². The van der Waals surface area contributed by atoms with Crippen LogP contribution in [0.3, 0.4) is 0 Å². The number of furan rings is 1. The summed E-state index contributed by atoms with van der Waals surface area (Å²) in [5.41, 5.74) is 10.1. The van der Waals surface area contributed by atoms with E-state index in [9.17, 15) is 0 Å². The first-order valence-electron chi connectivity index (χ1n) is 13.6. The molecule has 0 amide bonds. The molecule has 8 rings (SSSR count). The number of aromatic nitrogens is 1. The van der Waals surface area contributed by atoms with E-state index in [1.165, 1.54) is 16.5 Å². The van der Waals surface area contributed by atoms with E-state index in [-0.39, 0.29) is 0 Å². The highest BCUT2D eigenvalue weighted by molar-refractivity contribution is 6.22. The van der Waals surface area contributed by atoms with Crippen molar-refractivity contribution in [1.29, 1.82) is 0 Å². The molecular weight excluding hydrogens is 486 g/mol. The fourth-order valence-electron chi connectivity index (χ4n) is 6.02. The van der Waals surface area contributed by atoms with Crippen molar-refractivity contribution in [2.45, 2.75) is 0 Å². The van der Waals surface area contributed by atoms with E-state index in [1.54, 1.807) is 0 Å². The van der Waals surface area contributed by atoms with Crippen LogP contribution in [0.15, 0.2) is 156 Å². The molecule has 6 aromatic carbocycles. The molecule has 0 N–H and O–H groups in total. The fraction of sp³-hybridized carbons (Fsp3) is 0. The zero-order valence-corrected chi connectivity index (χ0v) is 21.8. The highest BCUT2D eigenvalue weighted by atomic mass is 16.3. The van der Waals surface area contributed by atoms with Crippen LogP contribution in [-0.2, 0) is 0 Å². The quantitative estimate of drug-likeness (QED) is 0.230. The monoisotopic (exact) mass is 511 g/mol. The minimum Gasteiger partial charge on any atom is -0.455 e. The van der Waals surface area contributed by atoms with Crippen molar-refractivity contribution in [2.24, 2.45) is 0 Å². The number of para-hydroxylation sites is 1. The third kappa shape index (κ3) is 3.50. The van der Waals surface area contributed by atoms with Gasteiger partial charge in [-0.3, -0.25) is 0 Å². The van der Waals surface area contributed by atoms with E-state index in [2.05, 4.69) is 150 Å². The van der Waals surface area contributed by atoms with Gasteiger partial charge in [0.1, 0.15) is 11.3 Å². The molecule has 2 nitrogen and oxygen atoms in total. The maximum Gasteiger partial charge on any atom is 0.145 e. The molecular formula is C38H25NO. The molecule has 0 spiro atoms. The Hall–Kier alpha value is -5.34. The highest BCUT2D eigenvalue weighted by Gasteiger charge is 2.23. The Morgan fingerprint density at radius 1 is 0.425 bits per heavy atom. The molecule has 0 bridgehead atoms. The van der Waals surface area contributed by atoms with Gasteiger partial charge < -0.3 is 8.98 Å². The molecule has 188 valence electrons. The van der Waals surface area contributed by atoms with Crippen molar-refractivity contribution >= 4 is 32.8 Å². The van der Waals surface area contributed by atoms with E-state index < -0.39 is 0 Å². The Morgan fingerprint density at radius 3 is 1.80 bits per heavy atom. The van der Waals surface area contributed by atoms with Gasteiger partial charge in [0.05, 0.1) is 16.4 Å². The predicted octanol–water partition coefficient (Wildman–Crippen LogP) is 10.5. The molecule has 0 aliphatic rings. The minimum absolute atomic E-state index is 0.900. The highest BCUT2D eigenvalue weighted by Crippen LogP contribution is 2.46. The largest absolute Gasteiger partial charge is 0.455 e. The Morgan fingerprint density at radius 2 is 1.05 bits per heavy atom. The van der Waals surface area contributed by atoms with E-state index in [4.69, 9.17) is 4.42 Å². The Kier molecular flexibility index (Phi) is 5.17. The van der Waals surface area contributed by atoms with Crippen LogP contribution in [0.25, 0.3) is 72.0 Å². The van der Waals surface area contributed by atoms with Gasteiger partial charge in [0.2, 0.25) is 0 Å². The summed E-state index contributed by atoms with van der Waals surface area (Å²) in [6.07, 6.45) is 0. The van der Waals surface area contributed by atoms with E-state index in [0.29, 0.717) is 0 Å². The second-order valence-electron chi connectivity index (χ2n) is 10.1. The van der Waals surface area contributed by atoms with Crippen molar-refractivity contribution in [3.63, 3.8) is 0 Å². The Labute approximate surface area is 232 Å². The minimum atomic E-state index is 0.900. The van der Waals surface area contributed by atoms with Crippen molar-refractivity contribution < 1.29 is 4.42 Å². The van der Waals surface area contributed by atoms with Crippen molar-refractivity contribution in [1.82, 2.24) is 4.57 Å². The van der Waals surface area contributed by atoms with Gasteiger partial charge in [-0.25, -0.2) is 0 Å². The molecule has 0 radical (unpaired) electrons. The number of hydrogen-bond donors (Lipinski definition) is 0. The fourth-order valence-corrected chi connectivity index (χ4v) is 6.02. The van der Waals surface area contributed by atoms with Crippen molar-refractivity contribution in [2.75, 3.05) is 0 Å². The van der Waals surface area contributed by atoms with Gasteiger partial charge in [0.15, 0.2) is 0 Å². The summed E-state index contributed by atoms with van der Waals surface area (Å²) in [4.78, 5) is 0. The molecule has 2 heteroatoms. The van der Waals surface area contributed by atoms with Crippen LogP contribution >= 0.6 is 0 Å². The maximum absolute atomic E-state index is 6.89. The third-order valence-corrected chi connectivity index (χ3v) is 7.80. The molecule has 0 saturated carbocycles. The number of fused-ring (bicyclic) bond motifs is 5. The van der Waals surface area contributed by atoms with Gasteiger partial charge in [-0.2, -0.15) is 0 Å². The van der Waals surface area contributed by atoms with Crippen LogP contribution in [-0.4, -0.2) is 4.57 Å². The lowest BCUT2D eigenvalue weighted by atomic mass is 9.98. The third-order valence-electron chi connectivity index (χ3n) is 7.80. The normalized spacial score (nSPS) is 11.5. The van der Waals surface area contributed by atoms with Crippen molar-refractivity contribution in [3.8, 4) is 39.3 Å². The summed E-state index contributed by atoms with van der Waals surface area (Å²) in [6.45, 7) is 0. The predicted molar refractivity (Wildman–Crippen MR) is 167 cm³/mol. The Balaban J connectivity index is 1.46. The van der Waals surface area contributed by atoms with Gasteiger partial charge in [-0.1, -0.05) is 121 Å². The summed E-state index contributed by atoms with van der Waals surface area (Å²) in [7, 11) is 0. The molecule has 0 aliphatic carbocycles. The summed E-state index contributed by atoms with van der Waals surface area (Å²) in [6, 6.07) is 53.5. The summed E-state index contributed by atoms with van der Waals surface area (Å²) in [5, 5.41) is 3.44. The SMILES string of the molecule is c1ccc(-c2cccc(-n3c4ccccc4c4c5oc(-c6ccccc6)c(-c6ccccc6)c5ccc43)c2)cc1. The lowest BCUT2D eigenvalue weighted by Crippen LogP contribution is -1.94. The van der Waals surface area contributed by atoms with Crippen LogP contribution in [0.4, 0.5) is 0 Å². The van der Waals surface area contributed by atoms with Crippen LogP contribution in [0.1, 0.15) is 0 Å². The lowest BCUT2D eigenvalue weighted by Gasteiger charge is -2.10. The first-order valence-corrected chi connectivity index (χ1v) is 13.6. The molecule has 2 aromatic heterocycles. The average Bonchev–Trinajstić information content (AvgIpc) is 3.59. The number of rotatable bonds is 4. The number of nitrogens with zero attached hydrogens (tertiary/aromatic N) is 1. The molecule has 8 aromatic rings. The second-order valence-corrected chi connectivity index (χ2v) is 10.1. The van der Waals surface area contributed by atoms with Crippen LogP contribution in [0.2, 0.25) is 0 Å².